The predicted molar refractivity (Wildman–Crippen MR) is 147 cm³/mol. The van der Waals surface area contributed by atoms with E-state index in [9.17, 15) is 28.8 Å². The number of rotatable bonds is 15. The molecule has 1 saturated heterocycles. The number of aliphatic hydroxyl groups is 1. The lowest BCUT2D eigenvalue weighted by Crippen LogP contribution is -2.58. The van der Waals surface area contributed by atoms with Crippen molar-refractivity contribution in [1.29, 1.82) is 0 Å². The average molecular weight is 672 g/mol. The molecule has 0 spiro atoms. The van der Waals surface area contributed by atoms with Gasteiger partial charge in [0.1, 0.15) is 24.1 Å². The van der Waals surface area contributed by atoms with Crippen LogP contribution in [0.1, 0.15) is 41.5 Å². The van der Waals surface area contributed by atoms with E-state index in [1.165, 1.54) is 40.8 Å². The third kappa shape index (κ3) is 10.4. The van der Waals surface area contributed by atoms with E-state index in [1.807, 2.05) is 0 Å². The van der Waals surface area contributed by atoms with Gasteiger partial charge in [0.25, 0.3) is 5.91 Å². The fourth-order valence-electron chi connectivity index (χ4n) is 3.84. The molecule has 2 aliphatic heterocycles. The van der Waals surface area contributed by atoms with Gasteiger partial charge in [-0.05, 0) is 41.5 Å². The Labute approximate surface area is 258 Å². The van der Waals surface area contributed by atoms with Crippen LogP contribution in [0.25, 0.3) is 0 Å². The van der Waals surface area contributed by atoms with Gasteiger partial charge in [-0.3, -0.25) is 14.1 Å². The number of ether oxygens (including phenoxy) is 6. The summed E-state index contributed by atoms with van der Waals surface area (Å²) in [4.78, 5) is 48.9. The smallest absolute Gasteiger partial charge is 0.455 e. The molecule has 0 saturated carbocycles. The molecule has 0 aromatic rings. The Bertz CT molecular complexity index is 1150. The standard InChI is InChI=1S/C25H39FN3O15P/c1-14(2)41-22(32)36-12-39-45(35,40-13-37-23(33)42-15(3)4)38-11-25(10-26)20(43-19(31)16(5)27)24(7,34)21(44-25)29-9-8-18(30)28-17(29)6/h8-9,14-16,20-21,34H,6,10-13,27H2,1-5,7H3,(H,28,30)/t16?,20-,21+,24+,25+/m0/s1. The second kappa shape index (κ2) is 15.8. The molecule has 20 heteroatoms. The first-order valence-corrected chi connectivity index (χ1v) is 14.9. The maximum Gasteiger partial charge on any atom is 0.510 e. The molecule has 45 heavy (non-hydrogen) atoms. The van der Waals surface area contributed by atoms with Crippen LogP contribution in [-0.4, -0.2) is 103 Å². The van der Waals surface area contributed by atoms with Gasteiger partial charge in [0, 0.05) is 12.3 Å². The zero-order valence-electron chi connectivity index (χ0n) is 25.6. The van der Waals surface area contributed by atoms with Crippen molar-refractivity contribution in [2.45, 2.75) is 83.3 Å². The van der Waals surface area contributed by atoms with Gasteiger partial charge in [-0.15, -0.1) is 0 Å². The van der Waals surface area contributed by atoms with Crippen molar-refractivity contribution in [1.82, 2.24) is 10.2 Å². The molecule has 0 aliphatic carbocycles. The van der Waals surface area contributed by atoms with Crippen molar-refractivity contribution >= 4 is 32.0 Å². The Balaban J connectivity index is 2.38. The van der Waals surface area contributed by atoms with Gasteiger partial charge in [0.05, 0.1) is 18.8 Å². The molecule has 2 rings (SSSR count). The molecule has 1 fully saturated rings. The summed E-state index contributed by atoms with van der Waals surface area (Å²) in [5.41, 5.74) is 0.908. The third-order valence-corrected chi connectivity index (χ3v) is 7.10. The first-order chi connectivity index (χ1) is 20.9. The van der Waals surface area contributed by atoms with Gasteiger partial charge in [-0.25, -0.2) is 27.6 Å². The molecule has 5 atom stereocenters. The molecule has 2 heterocycles. The number of halogens is 1. The summed E-state index contributed by atoms with van der Waals surface area (Å²) < 4.78 is 73.9. The summed E-state index contributed by atoms with van der Waals surface area (Å²) in [6.45, 7) is 7.40. The molecule has 1 amide bonds. The molecule has 0 aromatic carbocycles. The van der Waals surface area contributed by atoms with E-state index in [0.29, 0.717) is 0 Å². The predicted octanol–water partition coefficient (Wildman–Crippen LogP) is 1.67. The van der Waals surface area contributed by atoms with Crippen molar-refractivity contribution in [2.75, 3.05) is 26.9 Å². The second-order valence-electron chi connectivity index (χ2n) is 10.5. The van der Waals surface area contributed by atoms with Crippen molar-refractivity contribution < 1.29 is 75.2 Å². The largest absolute Gasteiger partial charge is 0.510 e. The van der Waals surface area contributed by atoms with Crippen LogP contribution in [0.5, 0.6) is 0 Å². The van der Waals surface area contributed by atoms with Crippen LogP contribution in [0.3, 0.4) is 0 Å². The maximum absolute atomic E-state index is 15.0. The van der Waals surface area contributed by atoms with E-state index in [1.54, 1.807) is 0 Å². The number of nitrogens with zero attached hydrogens (tertiary/aromatic N) is 1. The van der Waals surface area contributed by atoms with Crippen molar-refractivity contribution in [3.63, 3.8) is 0 Å². The zero-order chi connectivity index (χ0) is 34.2. The van der Waals surface area contributed by atoms with Crippen molar-refractivity contribution in [3.8, 4) is 0 Å². The molecule has 0 bridgehead atoms. The fraction of sp³-hybridized carbons (Fsp3) is 0.680. The molecule has 4 N–H and O–H groups in total. The topological polar surface area (TPSA) is 230 Å². The fourth-order valence-corrected chi connectivity index (χ4v) is 4.80. The second-order valence-corrected chi connectivity index (χ2v) is 12.2. The number of phosphoric ester groups is 1. The summed E-state index contributed by atoms with van der Waals surface area (Å²) in [6.07, 6.45) is -4.82. The van der Waals surface area contributed by atoms with E-state index in [2.05, 4.69) is 21.4 Å². The summed E-state index contributed by atoms with van der Waals surface area (Å²) in [7, 11) is -4.96. The molecule has 2 aliphatic rings. The van der Waals surface area contributed by atoms with Crippen LogP contribution in [0.2, 0.25) is 0 Å². The zero-order valence-corrected chi connectivity index (χ0v) is 26.5. The number of carbonyl (C=O) groups is 4. The number of carbonyl (C=O) groups excluding carboxylic acids is 4. The SMILES string of the molecule is C=C1NC(=O)C=CN1[C@@H]1O[C@](CF)(COP(=O)(OCOC(=O)OC(C)C)OCOC(=O)OC(C)C)[C@@H](OC(=O)C(C)N)[C@@]1(C)O. The minimum absolute atomic E-state index is 0.0891. The lowest BCUT2D eigenvalue weighted by atomic mass is 9.87. The highest BCUT2D eigenvalue weighted by Crippen LogP contribution is 2.52. The first-order valence-electron chi connectivity index (χ1n) is 13.4. The lowest BCUT2D eigenvalue weighted by molar-refractivity contribution is -0.177. The molecular formula is C25H39FN3O15P. The highest BCUT2D eigenvalue weighted by Gasteiger charge is 2.66. The van der Waals surface area contributed by atoms with Crippen LogP contribution >= 0.6 is 7.82 Å². The van der Waals surface area contributed by atoms with E-state index in [-0.39, 0.29) is 5.82 Å². The number of alkyl halides is 1. The number of nitrogens with one attached hydrogen (secondary N) is 1. The van der Waals surface area contributed by atoms with Crippen LogP contribution in [-0.2, 0) is 56.1 Å². The van der Waals surface area contributed by atoms with E-state index >= 15 is 4.39 Å². The summed E-state index contributed by atoms with van der Waals surface area (Å²) in [5, 5.41) is 13.9. The van der Waals surface area contributed by atoms with Gasteiger partial charge in [0.15, 0.2) is 17.9 Å². The number of hydrogen-bond acceptors (Lipinski definition) is 17. The Morgan fingerprint density at radius 3 is 2.09 bits per heavy atom. The average Bonchev–Trinajstić information content (AvgIpc) is 3.13. The monoisotopic (exact) mass is 671 g/mol. The van der Waals surface area contributed by atoms with Gasteiger partial charge in [-0.2, -0.15) is 0 Å². The molecule has 0 radical (unpaired) electrons. The van der Waals surface area contributed by atoms with Crippen LogP contribution in [0.4, 0.5) is 14.0 Å². The van der Waals surface area contributed by atoms with Gasteiger partial charge in [-0.1, -0.05) is 6.58 Å². The maximum atomic E-state index is 15.0. The van der Waals surface area contributed by atoms with Crippen molar-refractivity contribution in [3.05, 3.63) is 24.7 Å². The molecule has 18 nitrogen and oxygen atoms in total. The van der Waals surface area contributed by atoms with Gasteiger partial charge < -0.3 is 49.5 Å². The van der Waals surface area contributed by atoms with Crippen LogP contribution in [0.15, 0.2) is 24.7 Å². The van der Waals surface area contributed by atoms with E-state index < -0.39 is 101 Å². The van der Waals surface area contributed by atoms with Crippen LogP contribution in [0, 0.1) is 0 Å². The molecular weight excluding hydrogens is 632 g/mol. The van der Waals surface area contributed by atoms with Gasteiger partial charge >= 0.3 is 26.1 Å². The highest BCUT2D eigenvalue weighted by molar-refractivity contribution is 7.48. The first kappa shape index (κ1) is 37.9. The van der Waals surface area contributed by atoms with Crippen molar-refractivity contribution in [2.24, 2.45) is 5.73 Å². The number of phosphoric acid groups is 1. The van der Waals surface area contributed by atoms with Gasteiger partial charge in [0.2, 0.25) is 13.6 Å². The summed E-state index contributed by atoms with van der Waals surface area (Å²) in [6, 6.07) is -1.23. The Kier molecular flexibility index (Phi) is 13.3. The highest BCUT2D eigenvalue weighted by atomic mass is 31.2. The Morgan fingerprint density at radius 2 is 1.64 bits per heavy atom. The number of nitrogens with two attached hydrogens (primary N) is 1. The molecule has 1 unspecified atom stereocenters. The molecule has 0 aromatic heterocycles. The molecule has 256 valence electrons. The normalized spacial score (nSPS) is 25.6. The lowest BCUT2D eigenvalue weighted by Gasteiger charge is -2.37. The Hall–Kier alpha value is -3.32. The minimum Gasteiger partial charge on any atom is -0.455 e. The van der Waals surface area contributed by atoms with Crippen LogP contribution < -0.4 is 11.1 Å². The number of esters is 1. The Morgan fingerprint density at radius 1 is 1.11 bits per heavy atom. The van der Waals surface area contributed by atoms with E-state index in [4.69, 9.17) is 38.3 Å². The van der Waals surface area contributed by atoms with E-state index in [0.717, 1.165) is 17.9 Å². The quantitative estimate of drug-likeness (QED) is 0.0973. The third-order valence-electron chi connectivity index (χ3n) is 5.81. The minimum atomic E-state index is -4.96. The summed E-state index contributed by atoms with van der Waals surface area (Å²) in [5.74, 6) is -1.72. The number of hydrogen-bond donors (Lipinski definition) is 3. The summed E-state index contributed by atoms with van der Waals surface area (Å²) >= 11 is 0. The number of amides is 1.